The van der Waals surface area contributed by atoms with Crippen molar-refractivity contribution in [3.8, 4) is 0 Å². The van der Waals surface area contributed by atoms with Gasteiger partial charge in [-0.1, -0.05) is 11.6 Å². The van der Waals surface area contributed by atoms with Gasteiger partial charge in [0.2, 0.25) is 11.8 Å². The minimum atomic E-state index is -0.666. The van der Waals surface area contributed by atoms with Crippen molar-refractivity contribution in [2.75, 3.05) is 31.0 Å². The number of anilines is 2. The Balaban J connectivity index is 1.78. The van der Waals surface area contributed by atoms with E-state index in [9.17, 15) is 19.2 Å². The van der Waals surface area contributed by atoms with Crippen molar-refractivity contribution >= 4 is 46.7 Å². The molecule has 2 amide bonds. The first-order valence-electron chi connectivity index (χ1n) is 9.01. The van der Waals surface area contributed by atoms with Crippen molar-refractivity contribution < 1.29 is 28.7 Å². The van der Waals surface area contributed by atoms with E-state index in [-0.39, 0.29) is 35.7 Å². The number of methoxy groups -OCH3 is 2. The quantitative estimate of drug-likeness (QED) is 0.732. The number of carbonyl (C=O) groups is 4. The number of nitrogens with zero attached hydrogens (tertiary/aromatic N) is 1. The van der Waals surface area contributed by atoms with Gasteiger partial charge >= 0.3 is 11.9 Å². The Bertz CT molecular complexity index is 971. The minimum absolute atomic E-state index is 0.0367. The summed E-state index contributed by atoms with van der Waals surface area (Å²) in [6.45, 7) is 0.201. The monoisotopic (exact) mass is 430 g/mol. The molecule has 1 saturated heterocycles. The van der Waals surface area contributed by atoms with E-state index in [0.717, 1.165) is 0 Å². The molecule has 1 aliphatic rings. The average Bonchev–Trinajstić information content (AvgIpc) is 3.14. The van der Waals surface area contributed by atoms with Crippen LogP contribution in [0.25, 0.3) is 0 Å². The highest BCUT2D eigenvalue weighted by Crippen LogP contribution is 2.27. The van der Waals surface area contributed by atoms with Crippen molar-refractivity contribution in [3.05, 3.63) is 58.6 Å². The number of benzene rings is 2. The van der Waals surface area contributed by atoms with Crippen LogP contribution in [0, 0.1) is 5.92 Å². The first-order chi connectivity index (χ1) is 14.3. The molecule has 1 fully saturated rings. The number of hydrogen-bond donors (Lipinski definition) is 1. The molecule has 1 atom stereocenters. The van der Waals surface area contributed by atoms with E-state index in [1.165, 1.54) is 37.3 Å². The predicted molar refractivity (Wildman–Crippen MR) is 110 cm³/mol. The summed E-state index contributed by atoms with van der Waals surface area (Å²) in [5.74, 6) is -2.52. The van der Waals surface area contributed by atoms with E-state index >= 15 is 0 Å². The van der Waals surface area contributed by atoms with Crippen molar-refractivity contribution in [1.29, 1.82) is 0 Å². The van der Waals surface area contributed by atoms with Crippen molar-refractivity contribution in [2.24, 2.45) is 5.92 Å². The number of carbonyl (C=O) groups excluding carboxylic acids is 4. The average molecular weight is 431 g/mol. The molecule has 3 rings (SSSR count). The maximum Gasteiger partial charge on any atom is 0.337 e. The molecule has 0 saturated carbocycles. The van der Waals surface area contributed by atoms with Crippen molar-refractivity contribution in [3.63, 3.8) is 0 Å². The molecule has 1 unspecified atom stereocenters. The van der Waals surface area contributed by atoms with Crippen LogP contribution in [-0.4, -0.2) is 44.5 Å². The summed E-state index contributed by atoms with van der Waals surface area (Å²) in [5, 5.41) is 3.22. The Morgan fingerprint density at radius 3 is 2.10 bits per heavy atom. The lowest BCUT2D eigenvalue weighted by Gasteiger charge is -2.17. The third kappa shape index (κ3) is 4.60. The zero-order valence-corrected chi connectivity index (χ0v) is 17.1. The molecule has 1 N–H and O–H groups in total. The minimum Gasteiger partial charge on any atom is -0.465 e. The fraction of sp³-hybridized carbons (Fsp3) is 0.238. The molecule has 1 heterocycles. The molecule has 1 aliphatic heterocycles. The highest BCUT2D eigenvalue weighted by atomic mass is 35.5. The zero-order chi connectivity index (χ0) is 21.8. The van der Waals surface area contributed by atoms with Crippen molar-refractivity contribution in [1.82, 2.24) is 0 Å². The van der Waals surface area contributed by atoms with E-state index in [2.05, 4.69) is 14.8 Å². The molecule has 30 heavy (non-hydrogen) atoms. The summed E-state index contributed by atoms with van der Waals surface area (Å²) in [6, 6.07) is 10.9. The van der Waals surface area contributed by atoms with Gasteiger partial charge in [-0.2, -0.15) is 0 Å². The van der Waals surface area contributed by atoms with Crippen LogP contribution < -0.4 is 10.2 Å². The van der Waals surface area contributed by atoms with E-state index in [1.54, 1.807) is 24.3 Å². The molecule has 0 bridgehead atoms. The van der Waals surface area contributed by atoms with Gasteiger partial charge < -0.3 is 19.7 Å². The lowest BCUT2D eigenvalue weighted by Crippen LogP contribution is -2.28. The summed E-state index contributed by atoms with van der Waals surface area (Å²) in [6.07, 6.45) is 0.0367. The topological polar surface area (TPSA) is 102 Å². The largest absolute Gasteiger partial charge is 0.465 e. The molecular formula is C21H19ClN2O6. The molecule has 8 nitrogen and oxygen atoms in total. The summed E-state index contributed by atoms with van der Waals surface area (Å²) < 4.78 is 9.37. The summed E-state index contributed by atoms with van der Waals surface area (Å²) in [7, 11) is 2.42. The highest BCUT2D eigenvalue weighted by Gasteiger charge is 2.35. The maximum atomic E-state index is 12.7. The SMILES string of the molecule is COC(=O)c1cc(NC(=O)C2CC(=O)N(c3ccc(Cl)cc3)C2)cc(C(=O)OC)c1. The first-order valence-corrected chi connectivity index (χ1v) is 9.38. The normalized spacial score (nSPS) is 15.6. The Morgan fingerprint density at radius 1 is 1.00 bits per heavy atom. The second-order valence-electron chi connectivity index (χ2n) is 6.65. The smallest absolute Gasteiger partial charge is 0.337 e. The van der Waals surface area contributed by atoms with Crippen LogP contribution in [-0.2, 0) is 19.1 Å². The third-order valence-electron chi connectivity index (χ3n) is 4.68. The van der Waals surface area contributed by atoms with Gasteiger partial charge in [0, 0.05) is 29.4 Å². The van der Waals surface area contributed by atoms with Crippen LogP contribution >= 0.6 is 11.6 Å². The molecule has 0 radical (unpaired) electrons. The number of hydrogen-bond acceptors (Lipinski definition) is 6. The Labute approximate surface area is 177 Å². The number of amides is 2. The second kappa shape index (κ2) is 8.96. The lowest BCUT2D eigenvalue weighted by molar-refractivity contribution is -0.122. The van der Waals surface area contributed by atoms with E-state index in [1.807, 2.05) is 0 Å². The van der Waals surface area contributed by atoms with Gasteiger partial charge in [-0.3, -0.25) is 9.59 Å². The van der Waals surface area contributed by atoms with Crippen LogP contribution in [0.3, 0.4) is 0 Å². The van der Waals surface area contributed by atoms with E-state index < -0.39 is 23.8 Å². The standard InChI is InChI=1S/C21H19ClN2O6/c1-29-20(27)12-7-13(21(28)30-2)9-16(8-12)23-19(26)14-10-18(25)24(11-14)17-5-3-15(22)4-6-17/h3-9,14H,10-11H2,1-2H3,(H,23,26). The van der Waals surface area contributed by atoms with Gasteiger partial charge in [-0.05, 0) is 42.5 Å². The van der Waals surface area contributed by atoms with Gasteiger partial charge in [0.05, 0.1) is 31.3 Å². The van der Waals surface area contributed by atoms with Crippen LogP contribution in [0.1, 0.15) is 27.1 Å². The number of esters is 2. The van der Waals surface area contributed by atoms with Gasteiger partial charge in [0.1, 0.15) is 0 Å². The summed E-state index contributed by atoms with van der Waals surface area (Å²) in [5.41, 5.74) is 1.04. The van der Waals surface area contributed by atoms with Crippen LogP contribution in [0.5, 0.6) is 0 Å². The van der Waals surface area contributed by atoms with Crippen LogP contribution in [0.15, 0.2) is 42.5 Å². The van der Waals surface area contributed by atoms with Crippen LogP contribution in [0.2, 0.25) is 5.02 Å². The van der Waals surface area contributed by atoms with Gasteiger partial charge in [-0.15, -0.1) is 0 Å². The number of ether oxygens (including phenoxy) is 2. The molecule has 2 aromatic carbocycles. The molecular weight excluding hydrogens is 412 g/mol. The first kappa shape index (κ1) is 21.3. The van der Waals surface area contributed by atoms with Crippen molar-refractivity contribution in [2.45, 2.75) is 6.42 Å². The third-order valence-corrected chi connectivity index (χ3v) is 4.93. The number of rotatable bonds is 5. The van der Waals surface area contributed by atoms with Gasteiger partial charge in [0.15, 0.2) is 0 Å². The fourth-order valence-corrected chi connectivity index (χ4v) is 3.30. The fourth-order valence-electron chi connectivity index (χ4n) is 3.17. The van der Waals surface area contributed by atoms with Crippen LogP contribution in [0.4, 0.5) is 11.4 Å². The molecule has 2 aromatic rings. The Kier molecular flexibility index (Phi) is 6.37. The lowest BCUT2D eigenvalue weighted by atomic mass is 10.1. The van der Waals surface area contributed by atoms with E-state index in [4.69, 9.17) is 11.6 Å². The molecule has 156 valence electrons. The number of halogens is 1. The highest BCUT2D eigenvalue weighted by molar-refractivity contribution is 6.30. The number of nitrogens with one attached hydrogen (secondary N) is 1. The molecule has 0 aliphatic carbocycles. The Hall–Kier alpha value is -3.39. The zero-order valence-electron chi connectivity index (χ0n) is 16.3. The van der Waals surface area contributed by atoms with E-state index in [0.29, 0.717) is 10.7 Å². The second-order valence-corrected chi connectivity index (χ2v) is 7.09. The summed E-state index contributed by atoms with van der Waals surface area (Å²) in [4.78, 5) is 50.4. The Morgan fingerprint density at radius 2 is 1.57 bits per heavy atom. The van der Waals surface area contributed by atoms with Gasteiger partial charge in [0.25, 0.3) is 0 Å². The molecule has 0 spiro atoms. The predicted octanol–water partition coefficient (Wildman–Crippen LogP) is 2.90. The maximum absolute atomic E-state index is 12.7. The molecule has 9 heteroatoms. The molecule has 0 aromatic heterocycles. The summed E-state index contributed by atoms with van der Waals surface area (Å²) >= 11 is 5.88. The van der Waals surface area contributed by atoms with Gasteiger partial charge in [-0.25, -0.2) is 9.59 Å².